The van der Waals surface area contributed by atoms with E-state index in [2.05, 4.69) is 30.7 Å². The monoisotopic (exact) mass is 521 g/mol. The maximum absolute atomic E-state index is 13.0. The predicted molar refractivity (Wildman–Crippen MR) is 130 cm³/mol. The Morgan fingerprint density at radius 2 is 2.03 bits per heavy atom. The number of fused-ring (bicyclic) bond motifs is 2. The number of nitrogens with one attached hydrogen (secondary N) is 2. The van der Waals surface area contributed by atoms with Crippen LogP contribution in [-0.4, -0.2) is 73.8 Å². The summed E-state index contributed by atoms with van der Waals surface area (Å²) in [6.07, 6.45) is -0.0742. The van der Waals surface area contributed by atoms with E-state index in [0.717, 1.165) is 12.1 Å². The van der Waals surface area contributed by atoms with E-state index in [1.807, 2.05) is 12.1 Å². The third kappa shape index (κ3) is 5.44. The van der Waals surface area contributed by atoms with Crippen LogP contribution in [0, 0.1) is 6.92 Å². The van der Waals surface area contributed by atoms with Crippen molar-refractivity contribution in [3.63, 3.8) is 0 Å². The van der Waals surface area contributed by atoms with Gasteiger partial charge in [-0.05, 0) is 38.1 Å². The molecule has 0 aliphatic carbocycles. The number of rotatable bonds is 5. The lowest BCUT2D eigenvalue weighted by atomic mass is 10.1. The first-order valence-electron chi connectivity index (χ1n) is 11.9. The molecule has 4 aromatic heterocycles. The van der Waals surface area contributed by atoms with Gasteiger partial charge in [-0.3, -0.25) is 0 Å². The Bertz CT molecular complexity index is 1390. The summed E-state index contributed by atoms with van der Waals surface area (Å²) in [5.41, 5.74) is 8.90. The van der Waals surface area contributed by atoms with Crippen molar-refractivity contribution in [3.05, 3.63) is 30.2 Å². The van der Waals surface area contributed by atoms with E-state index in [-0.39, 0.29) is 25.0 Å². The van der Waals surface area contributed by atoms with Gasteiger partial charge in [-0.25, -0.2) is 32.0 Å². The molecule has 0 bridgehead atoms. The molecule has 0 unspecified atom stereocenters. The first-order chi connectivity index (χ1) is 17.7. The fourth-order valence-corrected chi connectivity index (χ4v) is 4.31. The van der Waals surface area contributed by atoms with Crippen LogP contribution in [-0.2, 0) is 11.3 Å². The molecule has 2 aliphatic rings. The Morgan fingerprint density at radius 1 is 1.22 bits per heavy atom. The Labute approximate surface area is 209 Å². The minimum Gasteiger partial charge on any atom is -0.377 e. The molecule has 0 spiro atoms. The van der Waals surface area contributed by atoms with Gasteiger partial charge in [-0.1, -0.05) is 0 Å². The summed E-state index contributed by atoms with van der Waals surface area (Å²) < 4.78 is 58.6. The van der Waals surface area contributed by atoms with E-state index in [4.69, 9.17) is 10.5 Å². The number of anilines is 2. The summed E-state index contributed by atoms with van der Waals surface area (Å²) in [7, 11) is 0. The van der Waals surface area contributed by atoms with E-state index < -0.39 is 18.9 Å². The van der Waals surface area contributed by atoms with Gasteiger partial charge in [0.05, 0.1) is 38.0 Å². The van der Waals surface area contributed by atoms with Crippen molar-refractivity contribution >= 4 is 28.4 Å². The molecule has 0 atom stereocenters. The van der Waals surface area contributed by atoms with Crippen LogP contribution < -0.4 is 16.4 Å². The average molecular weight is 522 g/mol. The van der Waals surface area contributed by atoms with Gasteiger partial charge in [0.2, 0.25) is 5.95 Å². The van der Waals surface area contributed by atoms with Gasteiger partial charge in [-0.2, -0.15) is 4.98 Å². The van der Waals surface area contributed by atoms with Crippen LogP contribution in [0.3, 0.4) is 0 Å². The second-order valence-corrected chi connectivity index (χ2v) is 9.06. The molecule has 6 heterocycles. The summed E-state index contributed by atoms with van der Waals surface area (Å²) in [5, 5.41) is 10.2. The van der Waals surface area contributed by atoms with Gasteiger partial charge in [0.1, 0.15) is 16.9 Å². The summed E-state index contributed by atoms with van der Waals surface area (Å²) in [5.74, 6) is -1.23. The molecule has 37 heavy (non-hydrogen) atoms. The molecule has 10 nitrogen and oxygen atoms in total. The largest absolute Gasteiger partial charge is 0.377 e. The third-order valence-corrected chi connectivity index (χ3v) is 6.17. The number of hydrogen-bond acceptors (Lipinski definition) is 8. The molecule has 198 valence electrons. The van der Waals surface area contributed by atoms with Gasteiger partial charge in [0.25, 0.3) is 12.3 Å². The number of aryl methyl sites for hydroxylation is 1. The highest BCUT2D eigenvalue weighted by Gasteiger charge is 2.30. The topological polar surface area (TPSA) is 120 Å². The number of pyridine rings is 1. The normalized spacial score (nSPS) is 17.6. The number of nitrogens with two attached hydrogens (primary N) is 1. The van der Waals surface area contributed by atoms with Gasteiger partial charge in [0.15, 0.2) is 11.5 Å². The van der Waals surface area contributed by atoms with E-state index >= 15 is 0 Å². The van der Waals surface area contributed by atoms with Crippen molar-refractivity contribution < 1.29 is 22.3 Å². The minimum atomic E-state index is -2.50. The first-order valence-corrected chi connectivity index (χ1v) is 11.9. The van der Waals surface area contributed by atoms with Crippen LogP contribution in [0.25, 0.3) is 27.9 Å². The Morgan fingerprint density at radius 3 is 2.65 bits per heavy atom. The van der Waals surface area contributed by atoms with E-state index in [9.17, 15) is 17.6 Å². The molecular formula is C23H27F4N9O. The minimum absolute atomic E-state index is 0.0556. The molecule has 0 radical (unpaired) electrons. The molecule has 4 aromatic rings. The van der Waals surface area contributed by atoms with Gasteiger partial charge >= 0.3 is 0 Å². The number of alkyl halides is 4. The zero-order valence-corrected chi connectivity index (χ0v) is 20.1. The van der Waals surface area contributed by atoms with Crippen molar-refractivity contribution in [1.29, 1.82) is 0 Å². The van der Waals surface area contributed by atoms with Crippen LogP contribution in [0.15, 0.2) is 24.4 Å². The number of halogens is 4. The molecule has 6 rings (SSSR count). The molecule has 2 fully saturated rings. The van der Waals surface area contributed by atoms with Crippen molar-refractivity contribution in [2.75, 3.05) is 37.4 Å². The zero-order valence-electron chi connectivity index (χ0n) is 20.1. The number of hydrogen-bond donors (Lipinski definition) is 3. The number of piperidine rings is 1. The quantitative estimate of drug-likeness (QED) is 0.343. The van der Waals surface area contributed by atoms with Crippen molar-refractivity contribution in [1.82, 2.24) is 34.4 Å². The summed E-state index contributed by atoms with van der Waals surface area (Å²) in [6, 6.07) is 5.58. The molecule has 2 aliphatic heterocycles. The number of imidazole rings is 1. The molecule has 0 amide bonds. The molecule has 14 heteroatoms. The third-order valence-electron chi connectivity index (χ3n) is 6.17. The van der Waals surface area contributed by atoms with Crippen molar-refractivity contribution in [2.45, 2.75) is 44.7 Å². The van der Waals surface area contributed by atoms with E-state index in [1.165, 1.54) is 4.57 Å². The highest BCUT2D eigenvalue weighted by molar-refractivity contribution is 5.89. The second-order valence-electron chi connectivity index (χ2n) is 9.06. The summed E-state index contributed by atoms with van der Waals surface area (Å²) in [4.78, 5) is 13.3. The SMILES string of the molecule is Cc1nc2ccc(-c3ccn4nc(N)nc(NC5COC5)c34)nc2n1CC(F)F.FC1(F)CCCNC1. The van der Waals surface area contributed by atoms with Crippen LogP contribution in [0.5, 0.6) is 0 Å². The van der Waals surface area contributed by atoms with Crippen LogP contribution in [0.1, 0.15) is 18.7 Å². The highest BCUT2D eigenvalue weighted by Crippen LogP contribution is 2.31. The molecular weight excluding hydrogens is 494 g/mol. The van der Waals surface area contributed by atoms with E-state index in [1.54, 1.807) is 23.7 Å². The van der Waals surface area contributed by atoms with E-state index in [0.29, 0.717) is 53.7 Å². The Hall–Kier alpha value is -3.52. The fourth-order valence-electron chi connectivity index (χ4n) is 4.31. The lowest BCUT2D eigenvalue weighted by Gasteiger charge is -2.27. The number of ether oxygens (including phenoxy) is 1. The van der Waals surface area contributed by atoms with Gasteiger partial charge in [-0.15, -0.1) is 5.10 Å². The number of nitrogens with zero attached hydrogens (tertiary/aromatic N) is 6. The van der Waals surface area contributed by atoms with Gasteiger partial charge < -0.3 is 25.7 Å². The first kappa shape index (κ1) is 25.1. The standard InChI is InChI=1S/C18H18F2N8O.C5H9F2N/c1-9-22-13-3-2-12(24-17(13)27(9)6-14(19)20)11-4-5-28-15(11)16(25-18(21)26-28)23-10-7-29-8-10;6-5(7)2-1-3-8-4-5/h2-5,10,14H,6-8H2,1H3,(H3,21,23,25,26);8H,1-4H2. The lowest BCUT2D eigenvalue weighted by molar-refractivity contribution is -0.0208. The molecule has 4 N–H and O–H groups in total. The smallest absolute Gasteiger partial charge is 0.260 e. The highest BCUT2D eigenvalue weighted by atomic mass is 19.3. The lowest BCUT2D eigenvalue weighted by Crippen LogP contribution is -2.40. The van der Waals surface area contributed by atoms with Crippen LogP contribution >= 0.6 is 0 Å². The number of nitrogen functional groups attached to an aromatic ring is 1. The van der Waals surface area contributed by atoms with Crippen molar-refractivity contribution in [2.24, 2.45) is 0 Å². The maximum atomic E-state index is 13.0. The molecule has 2 saturated heterocycles. The summed E-state index contributed by atoms with van der Waals surface area (Å²) >= 11 is 0. The average Bonchev–Trinajstić information content (AvgIpc) is 3.36. The maximum Gasteiger partial charge on any atom is 0.260 e. The molecule has 0 aromatic carbocycles. The summed E-state index contributed by atoms with van der Waals surface area (Å²) in [6.45, 7) is 3.02. The molecule has 0 saturated carbocycles. The predicted octanol–water partition coefficient (Wildman–Crippen LogP) is 3.11. The fraction of sp³-hybridized carbons (Fsp3) is 0.478. The van der Waals surface area contributed by atoms with Crippen LogP contribution in [0.4, 0.5) is 29.3 Å². The zero-order chi connectivity index (χ0) is 26.2. The second kappa shape index (κ2) is 10.1. The van der Waals surface area contributed by atoms with Crippen LogP contribution in [0.2, 0.25) is 0 Å². The van der Waals surface area contributed by atoms with Crippen molar-refractivity contribution in [3.8, 4) is 11.3 Å². The Kier molecular flexibility index (Phi) is 6.86. The van der Waals surface area contributed by atoms with Gasteiger partial charge in [0, 0.05) is 18.2 Å². The number of aromatic nitrogens is 6. The Balaban J connectivity index is 0.000000301.